The molecule has 0 aliphatic carbocycles. The lowest BCUT2D eigenvalue weighted by atomic mass is 9.83. The van der Waals surface area contributed by atoms with E-state index in [0.29, 0.717) is 0 Å². The molecule has 0 fully saturated rings. The van der Waals surface area contributed by atoms with Crippen molar-refractivity contribution in [1.82, 2.24) is 9.97 Å². The zero-order valence-corrected chi connectivity index (χ0v) is 30.9. The van der Waals surface area contributed by atoms with Crippen molar-refractivity contribution in [1.29, 1.82) is 0 Å². The number of aromatic nitrogens is 2. The summed E-state index contributed by atoms with van der Waals surface area (Å²) in [6.07, 6.45) is 3.85. The summed E-state index contributed by atoms with van der Waals surface area (Å²) in [4.78, 5) is 24.4. The highest BCUT2D eigenvalue weighted by atomic mass is 15.3. The number of rotatable bonds is 4. The van der Waals surface area contributed by atoms with Crippen LogP contribution in [0, 0.1) is 0 Å². The van der Waals surface area contributed by atoms with Gasteiger partial charge in [-0.05, 0) is 138 Å². The number of nitrogens with zero attached hydrogens (tertiary/aromatic N) is 6. The molecule has 0 amide bonds. The highest BCUT2D eigenvalue weighted by molar-refractivity contribution is 6.26. The van der Waals surface area contributed by atoms with Gasteiger partial charge in [0.2, 0.25) is 0 Å². The maximum Gasteiger partial charge on any atom is 0.102 e. The predicted octanol–water partition coefficient (Wildman–Crippen LogP) is 10.9. The van der Waals surface area contributed by atoms with Crippen LogP contribution in [-0.4, -0.2) is 43.8 Å². The van der Waals surface area contributed by atoms with Crippen LogP contribution in [0.3, 0.4) is 0 Å². The van der Waals surface area contributed by atoms with Crippen LogP contribution in [0.15, 0.2) is 107 Å². The first-order valence-corrected chi connectivity index (χ1v) is 17.7. The third kappa shape index (κ3) is 4.60. The van der Waals surface area contributed by atoms with E-state index in [1.54, 1.807) is 0 Å². The number of hydrogen-bond donors (Lipinski definition) is 0. The number of anilines is 2. The average Bonchev–Trinajstić information content (AvgIpc) is 3.35. The normalized spacial score (nSPS) is 19.0. The Balaban J connectivity index is 1.23. The Morgan fingerprint density at radius 2 is 0.820 bits per heavy atom. The SMILES string of the molecule is CC1=NC(C)(C)C(C)(C)N1c1ccnc(-c2ccc3c4ccc(-c5cc(N6C(C)=NC(C)(C)C6(C)C)ccn5)cc4c4ccccc4c3c2)c1. The third-order valence-corrected chi connectivity index (χ3v) is 12.1. The zero-order valence-electron chi connectivity index (χ0n) is 30.9. The molecule has 4 aromatic carbocycles. The van der Waals surface area contributed by atoms with Gasteiger partial charge in [0.15, 0.2) is 0 Å². The Kier molecular flexibility index (Phi) is 6.87. The van der Waals surface area contributed by atoms with Crippen LogP contribution in [0.5, 0.6) is 0 Å². The van der Waals surface area contributed by atoms with Crippen molar-refractivity contribution < 1.29 is 0 Å². The molecule has 6 aromatic rings. The third-order valence-electron chi connectivity index (χ3n) is 12.1. The van der Waals surface area contributed by atoms with E-state index in [2.05, 4.69) is 164 Å². The van der Waals surface area contributed by atoms with E-state index in [0.717, 1.165) is 45.6 Å². The standard InChI is InChI=1S/C44H46N6/c1-27-47-41(3,4)43(7,8)49(27)31-19-21-45-39(25-31)29-15-17-35-36-18-16-30(24-38(36)34-14-12-11-13-33(34)37(35)23-29)40-26-32(20-22-46-40)50-28(2)48-42(5,6)44(50,9)10/h11-26H,1-10H3. The second-order valence-electron chi connectivity index (χ2n) is 16.1. The van der Waals surface area contributed by atoms with Crippen LogP contribution in [-0.2, 0) is 0 Å². The molecule has 2 aliphatic heterocycles. The fourth-order valence-corrected chi connectivity index (χ4v) is 8.27. The first kappa shape index (κ1) is 32.1. The van der Waals surface area contributed by atoms with Gasteiger partial charge in [-0.1, -0.05) is 48.5 Å². The van der Waals surface area contributed by atoms with Gasteiger partial charge in [-0.25, -0.2) is 0 Å². The quantitative estimate of drug-likeness (QED) is 0.177. The molecule has 0 radical (unpaired) electrons. The van der Waals surface area contributed by atoms with E-state index in [1.807, 2.05) is 12.4 Å². The lowest BCUT2D eigenvalue weighted by Crippen LogP contribution is -2.53. The van der Waals surface area contributed by atoms with Gasteiger partial charge in [0.05, 0.1) is 33.5 Å². The van der Waals surface area contributed by atoms with E-state index in [9.17, 15) is 0 Å². The Morgan fingerprint density at radius 1 is 0.440 bits per heavy atom. The van der Waals surface area contributed by atoms with Gasteiger partial charge in [0.25, 0.3) is 0 Å². The molecule has 0 unspecified atom stereocenters. The molecule has 8 rings (SSSR count). The van der Waals surface area contributed by atoms with Gasteiger partial charge in [0.1, 0.15) is 11.7 Å². The fourth-order valence-electron chi connectivity index (χ4n) is 8.27. The Morgan fingerprint density at radius 3 is 1.18 bits per heavy atom. The van der Waals surface area contributed by atoms with Crippen molar-refractivity contribution in [3.05, 3.63) is 97.3 Å². The molecular formula is C44H46N6. The van der Waals surface area contributed by atoms with E-state index >= 15 is 0 Å². The lowest BCUT2D eigenvalue weighted by molar-refractivity contribution is 0.338. The van der Waals surface area contributed by atoms with Gasteiger partial charge in [-0.3, -0.25) is 20.0 Å². The summed E-state index contributed by atoms with van der Waals surface area (Å²) in [5, 5.41) is 7.35. The molecule has 0 saturated heterocycles. The molecule has 0 atom stereocenters. The van der Waals surface area contributed by atoms with Crippen molar-refractivity contribution in [3.63, 3.8) is 0 Å². The van der Waals surface area contributed by atoms with Crippen molar-refractivity contribution in [2.24, 2.45) is 9.98 Å². The second-order valence-corrected chi connectivity index (χ2v) is 16.1. The number of aliphatic imine (C=N–C) groups is 2. The van der Waals surface area contributed by atoms with E-state index in [1.165, 1.54) is 32.3 Å². The molecule has 252 valence electrons. The Labute approximate surface area is 295 Å². The number of hydrogen-bond acceptors (Lipinski definition) is 6. The van der Waals surface area contributed by atoms with Gasteiger partial charge in [-0.15, -0.1) is 0 Å². The first-order valence-electron chi connectivity index (χ1n) is 17.7. The summed E-state index contributed by atoms with van der Waals surface area (Å²) in [5.41, 5.74) is 5.59. The summed E-state index contributed by atoms with van der Waals surface area (Å²) in [6.45, 7) is 22.1. The van der Waals surface area contributed by atoms with E-state index in [4.69, 9.17) is 20.0 Å². The summed E-state index contributed by atoms with van der Waals surface area (Å²) in [5.74, 6) is 2.06. The number of amidine groups is 2. The number of fused-ring (bicyclic) bond motifs is 6. The smallest absolute Gasteiger partial charge is 0.102 e. The highest BCUT2D eigenvalue weighted by Crippen LogP contribution is 2.44. The molecule has 6 nitrogen and oxygen atoms in total. The molecule has 4 heterocycles. The topological polar surface area (TPSA) is 57.0 Å². The maximum atomic E-state index is 5.01. The summed E-state index contributed by atoms with van der Waals surface area (Å²) < 4.78 is 0. The van der Waals surface area contributed by atoms with Gasteiger partial charge in [-0.2, -0.15) is 0 Å². The zero-order chi connectivity index (χ0) is 35.4. The minimum atomic E-state index is -0.196. The van der Waals surface area contributed by atoms with Crippen molar-refractivity contribution in [2.45, 2.75) is 91.4 Å². The van der Waals surface area contributed by atoms with Crippen LogP contribution >= 0.6 is 0 Å². The van der Waals surface area contributed by atoms with Crippen LogP contribution < -0.4 is 9.80 Å². The molecule has 6 heteroatoms. The van der Waals surface area contributed by atoms with Crippen molar-refractivity contribution in [3.8, 4) is 22.5 Å². The summed E-state index contributed by atoms with van der Waals surface area (Å²) in [6, 6.07) is 30.9. The molecule has 0 saturated carbocycles. The molecule has 0 N–H and O–H groups in total. The molecule has 50 heavy (non-hydrogen) atoms. The van der Waals surface area contributed by atoms with Crippen molar-refractivity contribution in [2.75, 3.05) is 9.80 Å². The Hall–Kier alpha value is -5.10. The van der Waals surface area contributed by atoms with Gasteiger partial charge in [0, 0.05) is 34.9 Å². The van der Waals surface area contributed by atoms with Crippen LogP contribution in [0.4, 0.5) is 11.4 Å². The minimum absolute atomic E-state index is 0.168. The van der Waals surface area contributed by atoms with Crippen LogP contribution in [0.1, 0.15) is 69.2 Å². The second kappa shape index (κ2) is 10.7. The summed E-state index contributed by atoms with van der Waals surface area (Å²) in [7, 11) is 0. The lowest BCUT2D eigenvalue weighted by Gasteiger charge is -2.41. The minimum Gasteiger partial charge on any atom is -0.322 e. The van der Waals surface area contributed by atoms with Crippen molar-refractivity contribution >= 4 is 55.4 Å². The predicted molar refractivity (Wildman–Crippen MR) is 213 cm³/mol. The molecule has 0 spiro atoms. The molecular weight excluding hydrogens is 613 g/mol. The van der Waals surface area contributed by atoms with Gasteiger partial charge < -0.3 is 9.80 Å². The van der Waals surface area contributed by atoms with Crippen LogP contribution in [0.2, 0.25) is 0 Å². The average molecular weight is 659 g/mol. The molecule has 2 aliphatic rings. The Bertz CT molecular complexity index is 2240. The molecule has 0 bridgehead atoms. The first-order chi connectivity index (χ1) is 23.6. The largest absolute Gasteiger partial charge is 0.322 e. The summed E-state index contributed by atoms with van der Waals surface area (Å²) >= 11 is 0. The van der Waals surface area contributed by atoms with Gasteiger partial charge >= 0.3 is 0 Å². The maximum absolute atomic E-state index is 5.01. The van der Waals surface area contributed by atoms with E-state index in [-0.39, 0.29) is 22.2 Å². The molecule has 2 aromatic heterocycles. The van der Waals surface area contributed by atoms with E-state index < -0.39 is 0 Å². The van der Waals surface area contributed by atoms with Crippen LogP contribution in [0.25, 0.3) is 54.8 Å². The fraction of sp³-hybridized carbons (Fsp3) is 0.318. The number of benzene rings is 4. The number of pyridine rings is 2. The highest BCUT2D eigenvalue weighted by Gasteiger charge is 2.49. The monoisotopic (exact) mass is 658 g/mol.